The van der Waals surface area contributed by atoms with Crippen molar-refractivity contribution in [3.63, 3.8) is 0 Å². The molecular formula is C14H23N3O. The molecule has 0 saturated heterocycles. The lowest BCUT2D eigenvalue weighted by molar-refractivity contribution is 0.0944. The molecule has 3 atom stereocenters. The second kappa shape index (κ2) is 7.03. The van der Waals surface area contributed by atoms with Gasteiger partial charge in [-0.15, -0.1) is 0 Å². The fraction of sp³-hybridized carbons (Fsp3) is 0.429. The van der Waals surface area contributed by atoms with Crippen LogP contribution in [0, 0.1) is 5.92 Å². The molecule has 1 aliphatic rings. The zero-order valence-electron chi connectivity index (χ0n) is 11.1. The molecule has 0 aromatic carbocycles. The Morgan fingerprint density at radius 1 is 1.67 bits per heavy atom. The molecule has 5 N–H and O–H groups in total. The van der Waals surface area contributed by atoms with Crippen LogP contribution in [0.5, 0.6) is 0 Å². The summed E-state index contributed by atoms with van der Waals surface area (Å²) in [5.74, 6) is -0.00405. The summed E-state index contributed by atoms with van der Waals surface area (Å²) < 4.78 is 0. The van der Waals surface area contributed by atoms with Crippen LogP contribution in [-0.2, 0) is 0 Å². The summed E-state index contributed by atoms with van der Waals surface area (Å²) in [4.78, 5) is 0. The molecule has 100 valence electrons. The minimum absolute atomic E-state index is 0.00405. The Balaban J connectivity index is 2.45. The van der Waals surface area contributed by atoms with Crippen LogP contribution < -0.4 is 16.4 Å². The molecule has 0 aromatic heterocycles. The molecule has 1 rings (SSSR count). The Labute approximate surface area is 109 Å². The van der Waals surface area contributed by atoms with Crippen molar-refractivity contribution in [1.82, 2.24) is 10.6 Å². The molecule has 4 heteroatoms. The van der Waals surface area contributed by atoms with E-state index in [0.717, 1.165) is 17.8 Å². The van der Waals surface area contributed by atoms with Gasteiger partial charge < -0.3 is 16.2 Å². The maximum absolute atomic E-state index is 10.0. The summed E-state index contributed by atoms with van der Waals surface area (Å²) in [6, 6.07) is 0.0911. The first-order chi connectivity index (χ1) is 8.52. The molecule has 4 nitrogen and oxygen atoms in total. The van der Waals surface area contributed by atoms with Crippen molar-refractivity contribution in [3.8, 4) is 0 Å². The maximum Gasteiger partial charge on any atom is 0.111 e. The van der Waals surface area contributed by atoms with E-state index >= 15 is 0 Å². The standard InChI is InChI=1S/C14H23N3O/c1-10(7-8-11(2)16-3)14(18)17-13-6-4-5-12(15)9-13/h4-5,7-10,13-14,16-18H,2,6,15H2,1,3H3/b8-7-. The second-order valence-electron chi connectivity index (χ2n) is 4.52. The number of nitrogens with two attached hydrogens (primary N) is 1. The lowest BCUT2D eigenvalue weighted by Gasteiger charge is -2.24. The molecule has 0 aromatic rings. The summed E-state index contributed by atoms with van der Waals surface area (Å²) in [6.07, 6.45) is 9.83. The normalized spacial score (nSPS) is 22.6. The first-order valence-electron chi connectivity index (χ1n) is 6.15. The Morgan fingerprint density at radius 2 is 2.39 bits per heavy atom. The Morgan fingerprint density at radius 3 is 3.00 bits per heavy atom. The number of allylic oxidation sites excluding steroid dienone is 2. The van der Waals surface area contributed by atoms with Crippen molar-refractivity contribution in [3.05, 3.63) is 48.4 Å². The summed E-state index contributed by atoms with van der Waals surface area (Å²) in [5, 5.41) is 16.1. The number of likely N-dealkylation sites (N-methyl/N-ethyl adjacent to an activating group) is 1. The van der Waals surface area contributed by atoms with E-state index in [2.05, 4.69) is 17.2 Å². The van der Waals surface area contributed by atoms with Gasteiger partial charge in [0.05, 0.1) is 0 Å². The van der Waals surface area contributed by atoms with Crippen molar-refractivity contribution in [2.24, 2.45) is 11.7 Å². The van der Waals surface area contributed by atoms with Crippen LogP contribution in [0.2, 0.25) is 0 Å². The van der Waals surface area contributed by atoms with E-state index in [1.54, 1.807) is 0 Å². The van der Waals surface area contributed by atoms with Gasteiger partial charge in [-0.1, -0.05) is 25.7 Å². The highest BCUT2D eigenvalue weighted by atomic mass is 16.3. The van der Waals surface area contributed by atoms with Gasteiger partial charge in [-0.25, -0.2) is 0 Å². The predicted molar refractivity (Wildman–Crippen MR) is 75.5 cm³/mol. The predicted octanol–water partition coefficient (Wildman–Crippen LogP) is 0.991. The van der Waals surface area contributed by atoms with E-state index in [1.807, 2.05) is 44.4 Å². The number of hydrogen-bond acceptors (Lipinski definition) is 4. The van der Waals surface area contributed by atoms with E-state index in [4.69, 9.17) is 5.73 Å². The highest BCUT2D eigenvalue weighted by molar-refractivity contribution is 5.22. The van der Waals surface area contributed by atoms with Gasteiger partial charge in [0.25, 0.3) is 0 Å². The van der Waals surface area contributed by atoms with Crippen LogP contribution in [-0.4, -0.2) is 24.4 Å². The van der Waals surface area contributed by atoms with Gasteiger partial charge in [-0.2, -0.15) is 0 Å². The highest BCUT2D eigenvalue weighted by Gasteiger charge is 2.16. The SMILES string of the molecule is C=C(/C=C\C(C)C(O)NC1C=C(N)C=CC1)NC. The third-order valence-corrected chi connectivity index (χ3v) is 2.90. The van der Waals surface area contributed by atoms with E-state index in [-0.39, 0.29) is 12.0 Å². The van der Waals surface area contributed by atoms with Gasteiger partial charge in [0, 0.05) is 30.4 Å². The monoisotopic (exact) mass is 249 g/mol. The van der Waals surface area contributed by atoms with Gasteiger partial charge in [0.1, 0.15) is 6.23 Å². The Hall–Kier alpha value is -1.52. The topological polar surface area (TPSA) is 70.3 Å². The molecule has 0 radical (unpaired) electrons. The van der Waals surface area contributed by atoms with Crippen molar-refractivity contribution >= 4 is 0 Å². The highest BCUT2D eigenvalue weighted by Crippen LogP contribution is 2.10. The van der Waals surface area contributed by atoms with E-state index in [9.17, 15) is 5.11 Å². The van der Waals surface area contributed by atoms with Crippen LogP contribution in [0.15, 0.2) is 48.4 Å². The molecule has 0 spiro atoms. The molecule has 0 aliphatic heterocycles. The lowest BCUT2D eigenvalue weighted by Crippen LogP contribution is -2.41. The molecular weight excluding hydrogens is 226 g/mol. The van der Waals surface area contributed by atoms with Gasteiger partial charge >= 0.3 is 0 Å². The average Bonchev–Trinajstić information content (AvgIpc) is 2.35. The molecule has 0 fully saturated rings. The summed E-state index contributed by atoms with van der Waals surface area (Å²) in [7, 11) is 1.81. The third kappa shape index (κ3) is 4.77. The van der Waals surface area contributed by atoms with Crippen molar-refractivity contribution < 1.29 is 5.11 Å². The van der Waals surface area contributed by atoms with Gasteiger partial charge in [-0.05, 0) is 24.6 Å². The minimum Gasteiger partial charge on any atom is -0.399 e. The van der Waals surface area contributed by atoms with Crippen LogP contribution in [0.3, 0.4) is 0 Å². The lowest BCUT2D eigenvalue weighted by atomic mass is 10.0. The average molecular weight is 249 g/mol. The quantitative estimate of drug-likeness (QED) is 0.418. The number of nitrogens with one attached hydrogen (secondary N) is 2. The van der Waals surface area contributed by atoms with Crippen LogP contribution >= 0.6 is 0 Å². The number of rotatable bonds is 6. The number of aliphatic hydroxyl groups excluding tert-OH is 1. The number of aliphatic hydroxyl groups is 1. The molecule has 0 saturated carbocycles. The van der Waals surface area contributed by atoms with Crippen LogP contribution in [0.1, 0.15) is 13.3 Å². The zero-order chi connectivity index (χ0) is 13.5. The molecule has 0 bridgehead atoms. The fourth-order valence-electron chi connectivity index (χ4n) is 1.65. The third-order valence-electron chi connectivity index (χ3n) is 2.90. The first-order valence-corrected chi connectivity index (χ1v) is 6.15. The molecule has 0 heterocycles. The summed E-state index contributed by atoms with van der Waals surface area (Å²) >= 11 is 0. The molecule has 1 aliphatic carbocycles. The summed E-state index contributed by atoms with van der Waals surface area (Å²) in [6.45, 7) is 5.74. The smallest absolute Gasteiger partial charge is 0.111 e. The number of hydrogen-bond donors (Lipinski definition) is 4. The van der Waals surface area contributed by atoms with Crippen molar-refractivity contribution in [2.45, 2.75) is 25.6 Å². The van der Waals surface area contributed by atoms with Crippen molar-refractivity contribution in [1.29, 1.82) is 0 Å². The Kier molecular flexibility index (Phi) is 5.68. The minimum atomic E-state index is -0.605. The summed E-state index contributed by atoms with van der Waals surface area (Å²) in [5.41, 5.74) is 7.26. The first kappa shape index (κ1) is 14.5. The van der Waals surface area contributed by atoms with Crippen molar-refractivity contribution in [2.75, 3.05) is 7.05 Å². The van der Waals surface area contributed by atoms with Crippen LogP contribution in [0.25, 0.3) is 0 Å². The second-order valence-corrected chi connectivity index (χ2v) is 4.52. The van der Waals surface area contributed by atoms with Crippen LogP contribution in [0.4, 0.5) is 0 Å². The van der Waals surface area contributed by atoms with Gasteiger partial charge in [0.2, 0.25) is 0 Å². The molecule has 3 unspecified atom stereocenters. The van der Waals surface area contributed by atoms with Gasteiger partial charge in [-0.3, -0.25) is 5.32 Å². The largest absolute Gasteiger partial charge is 0.399 e. The maximum atomic E-state index is 10.0. The van der Waals surface area contributed by atoms with E-state index in [0.29, 0.717) is 0 Å². The van der Waals surface area contributed by atoms with E-state index in [1.165, 1.54) is 0 Å². The molecule has 18 heavy (non-hydrogen) atoms. The van der Waals surface area contributed by atoms with E-state index < -0.39 is 6.23 Å². The fourth-order valence-corrected chi connectivity index (χ4v) is 1.65. The zero-order valence-corrected chi connectivity index (χ0v) is 11.1. The Bertz CT molecular complexity index is 371. The molecule has 0 amide bonds. The van der Waals surface area contributed by atoms with Gasteiger partial charge in [0.15, 0.2) is 0 Å².